The fourth-order valence-electron chi connectivity index (χ4n) is 3.26. The van der Waals surface area contributed by atoms with Crippen LogP contribution in [0.1, 0.15) is 13.3 Å². The number of sulfone groups is 1. The van der Waals surface area contributed by atoms with Crippen molar-refractivity contribution in [1.29, 1.82) is 0 Å². The zero-order valence-corrected chi connectivity index (χ0v) is 15.3. The number of hydrogen-bond acceptors (Lipinski definition) is 5. The van der Waals surface area contributed by atoms with E-state index in [0.29, 0.717) is 26.1 Å². The molecule has 1 aromatic carbocycles. The van der Waals surface area contributed by atoms with E-state index in [2.05, 4.69) is 10.2 Å². The zero-order valence-electron chi connectivity index (χ0n) is 14.5. The van der Waals surface area contributed by atoms with Gasteiger partial charge in [0, 0.05) is 37.9 Å². The Morgan fingerprint density at radius 1 is 1.20 bits per heavy atom. The Morgan fingerprint density at radius 3 is 2.44 bits per heavy atom. The Kier molecular flexibility index (Phi) is 5.36. The highest BCUT2D eigenvalue weighted by Gasteiger charge is 2.30. The number of urea groups is 1. The largest absolute Gasteiger partial charge is 0.494 e. The number of benzene rings is 1. The van der Waals surface area contributed by atoms with Crippen LogP contribution < -0.4 is 15.0 Å². The van der Waals surface area contributed by atoms with Crippen molar-refractivity contribution in [2.45, 2.75) is 19.4 Å². The number of carbonyl (C=O) groups excluding carboxylic acids is 1. The van der Waals surface area contributed by atoms with Crippen molar-refractivity contribution in [2.75, 3.05) is 49.2 Å². The minimum absolute atomic E-state index is 0.0604. The van der Waals surface area contributed by atoms with Gasteiger partial charge in [0.15, 0.2) is 9.84 Å². The van der Waals surface area contributed by atoms with E-state index in [-0.39, 0.29) is 23.6 Å². The van der Waals surface area contributed by atoms with Crippen molar-refractivity contribution in [3.63, 3.8) is 0 Å². The molecule has 0 aliphatic carbocycles. The summed E-state index contributed by atoms with van der Waals surface area (Å²) in [5.41, 5.74) is 1.12. The van der Waals surface area contributed by atoms with Gasteiger partial charge in [-0.15, -0.1) is 0 Å². The van der Waals surface area contributed by atoms with E-state index in [1.165, 1.54) is 0 Å². The molecule has 2 aliphatic heterocycles. The summed E-state index contributed by atoms with van der Waals surface area (Å²) in [6.07, 6.45) is 0.514. The lowest BCUT2D eigenvalue weighted by atomic mass is 10.2. The van der Waals surface area contributed by atoms with Crippen molar-refractivity contribution in [2.24, 2.45) is 0 Å². The highest BCUT2D eigenvalue weighted by molar-refractivity contribution is 7.91. The Bertz CT molecular complexity index is 697. The normalized spacial score (nSPS) is 22.7. The molecule has 1 unspecified atom stereocenters. The van der Waals surface area contributed by atoms with Crippen molar-refractivity contribution in [3.8, 4) is 5.75 Å². The standard InChI is InChI=1S/C17H25N3O4S/c1-2-24-16-5-3-15(4-6-16)19-8-10-20(11-9-19)17(21)18-14-7-12-25(22,23)13-14/h3-6,14H,2,7-13H2,1H3,(H,18,21). The predicted octanol–water partition coefficient (Wildman–Crippen LogP) is 1.10. The van der Waals surface area contributed by atoms with E-state index in [9.17, 15) is 13.2 Å². The van der Waals surface area contributed by atoms with Gasteiger partial charge in [0.25, 0.3) is 0 Å². The summed E-state index contributed by atoms with van der Waals surface area (Å²) in [5, 5.41) is 2.85. The van der Waals surface area contributed by atoms with Crippen molar-refractivity contribution >= 4 is 21.6 Å². The third-order valence-electron chi connectivity index (χ3n) is 4.64. The smallest absolute Gasteiger partial charge is 0.317 e. The molecule has 1 N–H and O–H groups in total. The third kappa shape index (κ3) is 4.56. The highest BCUT2D eigenvalue weighted by Crippen LogP contribution is 2.21. The van der Waals surface area contributed by atoms with Gasteiger partial charge < -0.3 is 19.9 Å². The van der Waals surface area contributed by atoms with Gasteiger partial charge in [-0.05, 0) is 37.6 Å². The van der Waals surface area contributed by atoms with Crippen LogP contribution >= 0.6 is 0 Å². The highest BCUT2D eigenvalue weighted by atomic mass is 32.2. The van der Waals surface area contributed by atoms with Crippen LogP contribution in [0, 0.1) is 0 Å². The third-order valence-corrected chi connectivity index (χ3v) is 6.41. The second-order valence-corrected chi connectivity index (χ2v) is 8.68. The van der Waals surface area contributed by atoms with Crippen LogP contribution in [0.3, 0.4) is 0 Å². The molecular weight excluding hydrogens is 342 g/mol. The number of anilines is 1. The number of ether oxygens (including phenoxy) is 1. The number of nitrogens with zero attached hydrogens (tertiary/aromatic N) is 2. The van der Waals surface area contributed by atoms with E-state index in [1.807, 2.05) is 31.2 Å². The number of piperazine rings is 1. The molecule has 2 saturated heterocycles. The number of hydrogen-bond donors (Lipinski definition) is 1. The van der Waals surface area contributed by atoms with Crippen LogP contribution in [0.15, 0.2) is 24.3 Å². The first-order valence-electron chi connectivity index (χ1n) is 8.70. The minimum Gasteiger partial charge on any atom is -0.494 e. The first-order valence-corrected chi connectivity index (χ1v) is 10.5. The molecule has 2 heterocycles. The van der Waals surface area contributed by atoms with E-state index < -0.39 is 9.84 Å². The second-order valence-electron chi connectivity index (χ2n) is 6.45. The van der Waals surface area contributed by atoms with Gasteiger partial charge in [-0.2, -0.15) is 0 Å². The summed E-state index contributed by atoms with van der Waals surface area (Å²) in [4.78, 5) is 16.3. The quantitative estimate of drug-likeness (QED) is 0.862. The Morgan fingerprint density at radius 2 is 1.88 bits per heavy atom. The van der Waals surface area contributed by atoms with Gasteiger partial charge in [0.1, 0.15) is 5.75 Å². The van der Waals surface area contributed by atoms with Gasteiger partial charge >= 0.3 is 6.03 Å². The van der Waals surface area contributed by atoms with Crippen LogP contribution in [0.2, 0.25) is 0 Å². The van der Waals surface area contributed by atoms with Crippen molar-refractivity contribution in [1.82, 2.24) is 10.2 Å². The van der Waals surface area contributed by atoms with Crippen LogP contribution in [-0.2, 0) is 9.84 Å². The molecule has 1 atom stereocenters. The molecule has 2 fully saturated rings. The maximum Gasteiger partial charge on any atom is 0.317 e. The Hall–Kier alpha value is -1.96. The minimum atomic E-state index is -2.98. The number of amides is 2. The van der Waals surface area contributed by atoms with Crippen molar-refractivity contribution in [3.05, 3.63) is 24.3 Å². The summed E-state index contributed by atoms with van der Waals surface area (Å²) in [7, 11) is -2.98. The summed E-state index contributed by atoms with van der Waals surface area (Å²) in [6, 6.07) is 7.57. The number of carbonyl (C=O) groups is 1. The van der Waals surface area contributed by atoms with Crippen molar-refractivity contribution < 1.29 is 17.9 Å². The molecule has 2 aliphatic rings. The first-order chi connectivity index (χ1) is 12.0. The van der Waals surface area contributed by atoms with Crippen LogP contribution in [-0.4, -0.2) is 69.7 Å². The Balaban J connectivity index is 1.49. The van der Waals surface area contributed by atoms with E-state index in [0.717, 1.165) is 24.5 Å². The van der Waals surface area contributed by atoms with Gasteiger partial charge in [0.05, 0.1) is 18.1 Å². The lowest BCUT2D eigenvalue weighted by Gasteiger charge is -2.36. The molecular formula is C17H25N3O4S. The lowest BCUT2D eigenvalue weighted by Crippen LogP contribution is -2.53. The number of nitrogens with one attached hydrogen (secondary N) is 1. The van der Waals surface area contributed by atoms with Gasteiger partial charge in [-0.25, -0.2) is 13.2 Å². The topological polar surface area (TPSA) is 79.0 Å². The summed E-state index contributed by atoms with van der Waals surface area (Å²) in [5.74, 6) is 1.09. The molecule has 0 aromatic heterocycles. The molecule has 8 heteroatoms. The predicted molar refractivity (Wildman–Crippen MR) is 97.0 cm³/mol. The molecule has 3 rings (SSSR count). The van der Waals surface area contributed by atoms with E-state index >= 15 is 0 Å². The van der Waals surface area contributed by atoms with E-state index in [4.69, 9.17) is 4.74 Å². The van der Waals surface area contributed by atoms with Crippen LogP contribution in [0.4, 0.5) is 10.5 Å². The molecule has 138 valence electrons. The number of rotatable bonds is 4. The van der Waals surface area contributed by atoms with Gasteiger partial charge in [0.2, 0.25) is 0 Å². The molecule has 0 radical (unpaired) electrons. The maximum atomic E-state index is 12.3. The molecule has 0 bridgehead atoms. The molecule has 1 aromatic rings. The molecule has 7 nitrogen and oxygen atoms in total. The maximum absolute atomic E-state index is 12.3. The fraction of sp³-hybridized carbons (Fsp3) is 0.588. The summed E-state index contributed by atoms with van der Waals surface area (Å²) >= 11 is 0. The molecule has 0 saturated carbocycles. The SMILES string of the molecule is CCOc1ccc(N2CCN(C(=O)NC3CCS(=O)(=O)C3)CC2)cc1. The van der Waals surface area contributed by atoms with Crippen LogP contribution in [0.25, 0.3) is 0 Å². The average Bonchev–Trinajstić information content (AvgIpc) is 2.94. The molecule has 25 heavy (non-hydrogen) atoms. The monoisotopic (exact) mass is 367 g/mol. The molecule has 2 amide bonds. The van der Waals surface area contributed by atoms with E-state index in [1.54, 1.807) is 4.90 Å². The molecule has 0 spiro atoms. The van der Waals surface area contributed by atoms with Gasteiger partial charge in [-0.1, -0.05) is 0 Å². The first kappa shape index (κ1) is 17.8. The summed E-state index contributed by atoms with van der Waals surface area (Å²) in [6.45, 7) is 5.36. The second kappa shape index (κ2) is 7.51. The average molecular weight is 367 g/mol. The Labute approximate surface area is 148 Å². The lowest BCUT2D eigenvalue weighted by molar-refractivity contribution is 0.191. The van der Waals surface area contributed by atoms with Gasteiger partial charge in [-0.3, -0.25) is 0 Å². The zero-order chi connectivity index (χ0) is 17.9. The van der Waals surface area contributed by atoms with Crippen LogP contribution in [0.5, 0.6) is 5.75 Å². The summed E-state index contributed by atoms with van der Waals surface area (Å²) < 4.78 is 28.4. The fourth-order valence-corrected chi connectivity index (χ4v) is 4.94.